The molecule has 1 aliphatic rings. The summed E-state index contributed by atoms with van der Waals surface area (Å²) in [6, 6.07) is 12.9. The second kappa shape index (κ2) is 6.07. The van der Waals surface area contributed by atoms with Gasteiger partial charge in [0.15, 0.2) is 0 Å². The van der Waals surface area contributed by atoms with Crippen LogP contribution in [0.1, 0.15) is 25.8 Å². The molecule has 2 aromatic carbocycles. The molecule has 21 heavy (non-hydrogen) atoms. The van der Waals surface area contributed by atoms with Crippen LogP contribution in [-0.2, 0) is 6.54 Å². The summed E-state index contributed by atoms with van der Waals surface area (Å²) in [7, 11) is 1.75. The zero-order valence-electron chi connectivity index (χ0n) is 13.3. The Hall–Kier alpha value is -1.54. The SMILES string of the molecule is COc1ccc(CN2CC(C)CC(C)C2)c2ccccc12. The minimum Gasteiger partial charge on any atom is -0.496 e. The van der Waals surface area contributed by atoms with Crippen LogP contribution in [0.15, 0.2) is 36.4 Å². The highest BCUT2D eigenvalue weighted by Crippen LogP contribution is 2.30. The number of ether oxygens (including phenoxy) is 1. The molecule has 1 fully saturated rings. The van der Waals surface area contributed by atoms with Crippen LogP contribution in [-0.4, -0.2) is 25.1 Å². The van der Waals surface area contributed by atoms with Crippen molar-refractivity contribution < 1.29 is 4.74 Å². The molecule has 2 nitrogen and oxygen atoms in total. The third-order valence-electron chi connectivity index (χ3n) is 4.53. The summed E-state index contributed by atoms with van der Waals surface area (Å²) >= 11 is 0. The fourth-order valence-corrected chi connectivity index (χ4v) is 3.81. The van der Waals surface area contributed by atoms with Gasteiger partial charge in [0.1, 0.15) is 5.75 Å². The van der Waals surface area contributed by atoms with E-state index in [0.29, 0.717) is 0 Å². The lowest BCUT2D eigenvalue weighted by Crippen LogP contribution is -2.38. The topological polar surface area (TPSA) is 12.5 Å². The Kier molecular flexibility index (Phi) is 4.16. The number of rotatable bonds is 3. The summed E-state index contributed by atoms with van der Waals surface area (Å²) in [5, 5.41) is 2.54. The van der Waals surface area contributed by atoms with E-state index in [-0.39, 0.29) is 0 Å². The van der Waals surface area contributed by atoms with Gasteiger partial charge in [0.25, 0.3) is 0 Å². The number of hydrogen-bond acceptors (Lipinski definition) is 2. The molecule has 0 bridgehead atoms. The third kappa shape index (κ3) is 3.06. The van der Waals surface area contributed by atoms with Crippen molar-refractivity contribution in [3.8, 4) is 5.75 Å². The van der Waals surface area contributed by atoms with Gasteiger partial charge >= 0.3 is 0 Å². The first kappa shape index (κ1) is 14.4. The number of nitrogens with zero attached hydrogens (tertiary/aromatic N) is 1. The standard InChI is InChI=1S/C19H25NO/c1-14-10-15(2)12-20(11-14)13-16-8-9-19(21-3)18-7-5-4-6-17(16)18/h4-9,14-15H,10-13H2,1-3H3. The van der Waals surface area contributed by atoms with Crippen molar-refractivity contribution in [2.24, 2.45) is 11.8 Å². The highest BCUT2D eigenvalue weighted by Gasteiger charge is 2.22. The van der Waals surface area contributed by atoms with Crippen LogP contribution in [0.3, 0.4) is 0 Å². The van der Waals surface area contributed by atoms with Gasteiger partial charge in [0.2, 0.25) is 0 Å². The fraction of sp³-hybridized carbons (Fsp3) is 0.474. The van der Waals surface area contributed by atoms with Crippen LogP contribution in [0.2, 0.25) is 0 Å². The van der Waals surface area contributed by atoms with Gasteiger partial charge in [0, 0.05) is 25.0 Å². The van der Waals surface area contributed by atoms with Crippen LogP contribution >= 0.6 is 0 Å². The van der Waals surface area contributed by atoms with Crippen LogP contribution < -0.4 is 4.74 Å². The van der Waals surface area contributed by atoms with E-state index in [1.807, 2.05) is 0 Å². The Morgan fingerprint density at radius 3 is 2.33 bits per heavy atom. The molecule has 2 unspecified atom stereocenters. The van der Waals surface area contributed by atoms with E-state index in [1.54, 1.807) is 7.11 Å². The Morgan fingerprint density at radius 2 is 1.67 bits per heavy atom. The first-order chi connectivity index (χ1) is 10.2. The monoisotopic (exact) mass is 283 g/mol. The van der Waals surface area contributed by atoms with Gasteiger partial charge in [-0.2, -0.15) is 0 Å². The van der Waals surface area contributed by atoms with Gasteiger partial charge in [-0.25, -0.2) is 0 Å². The van der Waals surface area contributed by atoms with Crippen LogP contribution in [0.4, 0.5) is 0 Å². The molecule has 2 heteroatoms. The smallest absolute Gasteiger partial charge is 0.126 e. The molecule has 0 aliphatic carbocycles. The zero-order chi connectivity index (χ0) is 14.8. The first-order valence-electron chi connectivity index (χ1n) is 7.94. The van der Waals surface area contributed by atoms with Gasteiger partial charge in [-0.1, -0.05) is 44.2 Å². The Labute approximate surface area is 127 Å². The number of methoxy groups -OCH3 is 1. The molecule has 0 aromatic heterocycles. The number of hydrogen-bond donors (Lipinski definition) is 0. The first-order valence-corrected chi connectivity index (χ1v) is 7.94. The Bertz CT molecular complexity index is 612. The maximum Gasteiger partial charge on any atom is 0.126 e. The third-order valence-corrected chi connectivity index (χ3v) is 4.53. The van der Waals surface area contributed by atoms with Crippen LogP contribution in [0.5, 0.6) is 5.75 Å². The molecule has 0 saturated carbocycles. The Morgan fingerprint density at radius 1 is 1.00 bits per heavy atom. The van der Waals surface area contributed by atoms with Crippen molar-refractivity contribution in [3.63, 3.8) is 0 Å². The number of fused-ring (bicyclic) bond motifs is 1. The van der Waals surface area contributed by atoms with Gasteiger partial charge in [-0.05, 0) is 35.3 Å². The average molecular weight is 283 g/mol. The van der Waals surface area contributed by atoms with E-state index in [4.69, 9.17) is 4.74 Å². The van der Waals surface area contributed by atoms with Crippen LogP contribution in [0.25, 0.3) is 10.8 Å². The van der Waals surface area contributed by atoms with E-state index >= 15 is 0 Å². The van der Waals surface area contributed by atoms with E-state index < -0.39 is 0 Å². The molecule has 0 spiro atoms. The minimum atomic E-state index is 0.804. The second-order valence-electron chi connectivity index (χ2n) is 6.61. The van der Waals surface area contributed by atoms with Crippen molar-refractivity contribution in [1.29, 1.82) is 0 Å². The van der Waals surface area contributed by atoms with Crippen molar-refractivity contribution in [2.45, 2.75) is 26.8 Å². The summed E-state index contributed by atoms with van der Waals surface area (Å²) in [5.41, 5.74) is 1.41. The predicted molar refractivity (Wildman–Crippen MR) is 88.7 cm³/mol. The molecule has 2 aromatic rings. The quantitative estimate of drug-likeness (QED) is 0.831. The lowest BCUT2D eigenvalue weighted by molar-refractivity contribution is 0.135. The molecule has 0 radical (unpaired) electrons. The zero-order valence-corrected chi connectivity index (χ0v) is 13.3. The summed E-state index contributed by atoms with van der Waals surface area (Å²) in [6.07, 6.45) is 1.36. The van der Waals surface area contributed by atoms with Gasteiger partial charge in [-0.15, -0.1) is 0 Å². The van der Waals surface area contributed by atoms with Crippen molar-refractivity contribution in [1.82, 2.24) is 4.90 Å². The van der Waals surface area contributed by atoms with Crippen molar-refractivity contribution in [2.75, 3.05) is 20.2 Å². The van der Waals surface area contributed by atoms with Crippen molar-refractivity contribution in [3.05, 3.63) is 42.0 Å². The molecule has 3 rings (SSSR count). The molecule has 112 valence electrons. The number of benzene rings is 2. The van der Waals surface area contributed by atoms with Crippen LogP contribution in [0, 0.1) is 11.8 Å². The number of likely N-dealkylation sites (tertiary alicyclic amines) is 1. The molecule has 1 heterocycles. The predicted octanol–water partition coefficient (Wildman–Crippen LogP) is 4.33. The summed E-state index contributed by atoms with van der Waals surface area (Å²) in [4.78, 5) is 2.60. The fourth-order valence-electron chi connectivity index (χ4n) is 3.81. The molecular weight excluding hydrogens is 258 g/mol. The molecule has 0 N–H and O–H groups in total. The lowest BCUT2D eigenvalue weighted by atomic mass is 9.91. The average Bonchev–Trinajstić information content (AvgIpc) is 2.46. The molecule has 2 atom stereocenters. The largest absolute Gasteiger partial charge is 0.496 e. The second-order valence-corrected chi connectivity index (χ2v) is 6.61. The Balaban J connectivity index is 1.90. The minimum absolute atomic E-state index is 0.804. The van der Waals surface area contributed by atoms with E-state index in [0.717, 1.165) is 24.1 Å². The van der Waals surface area contributed by atoms with Gasteiger partial charge in [-0.3, -0.25) is 4.90 Å². The maximum atomic E-state index is 5.49. The molecule has 0 amide bonds. The normalized spacial score (nSPS) is 23.4. The lowest BCUT2D eigenvalue weighted by Gasteiger charge is -2.35. The summed E-state index contributed by atoms with van der Waals surface area (Å²) in [6.45, 7) is 8.21. The summed E-state index contributed by atoms with van der Waals surface area (Å²) in [5.74, 6) is 2.58. The molecule has 1 aliphatic heterocycles. The van der Waals surface area contributed by atoms with E-state index in [9.17, 15) is 0 Å². The number of piperidine rings is 1. The highest BCUT2D eigenvalue weighted by atomic mass is 16.5. The highest BCUT2D eigenvalue weighted by molar-refractivity contribution is 5.91. The van der Waals surface area contributed by atoms with E-state index in [1.165, 1.54) is 35.8 Å². The molecule has 1 saturated heterocycles. The van der Waals surface area contributed by atoms with Gasteiger partial charge in [0.05, 0.1) is 7.11 Å². The van der Waals surface area contributed by atoms with Gasteiger partial charge < -0.3 is 4.74 Å². The van der Waals surface area contributed by atoms with E-state index in [2.05, 4.69) is 55.1 Å². The van der Waals surface area contributed by atoms with Crippen molar-refractivity contribution >= 4 is 10.8 Å². The maximum absolute atomic E-state index is 5.49. The summed E-state index contributed by atoms with van der Waals surface area (Å²) < 4.78 is 5.49. The molecular formula is C19H25NO.